The van der Waals surface area contributed by atoms with Crippen LogP contribution in [-0.4, -0.2) is 39.2 Å². The largest absolute Gasteiger partial charge is 0.468 e. The van der Waals surface area contributed by atoms with Crippen LogP contribution in [0.1, 0.15) is 20.8 Å². The minimum atomic E-state index is -3.53. The predicted octanol–water partition coefficient (Wildman–Crippen LogP) is 0.978. The number of methoxy groups -OCH3 is 1. The molecule has 0 radical (unpaired) electrons. The average Bonchev–Trinajstić information content (AvgIpc) is 2.23. The lowest BCUT2D eigenvalue weighted by Gasteiger charge is -2.20. The van der Waals surface area contributed by atoms with Crippen molar-refractivity contribution in [2.24, 2.45) is 11.8 Å². The lowest BCUT2D eigenvalue weighted by Crippen LogP contribution is -2.46. The van der Waals surface area contributed by atoms with E-state index in [2.05, 4.69) is 9.46 Å². The van der Waals surface area contributed by atoms with Crippen molar-refractivity contribution in [2.75, 3.05) is 18.7 Å². The van der Waals surface area contributed by atoms with Gasteiger partial charge >= 0.3 is 5.97 Å². The van der Waals surface area contributed by atoms with E-state index in [1.807, 2.05) is 0 Å². The van der Waals surface area contributed by atoms with Crippen LogP contribution in [0.5, 0.6) is 0 Å². The third-order valence-electron chi connectivity index (χ3n) is 2.20. The highest BCUT2D eigenvalue weighted by Gasteiger charge is 2.28. The minimum Gasteiger partial charge on any atom is -0.468 e. The van der Waals surface area contributed by atoms with E-state index in [0.29, 0.717) is 0 Å². The van der Waals surface area contributed by atoms with Gasteiger partial charge in [-0.15, -0.1) is 11.6 Å². The van der Waals surface area contributed by atoms with Crippen LogP contribution in [0, 0.1) is 11.8 Å². The Balaban J connectivity index is 4.70. The van der Waals surface area contributed by atoms with E-state index in [0.717, 1.165) is 0 Å². The molecule has 2 unspecified atom stereocenters. The van der Waals surface area contributed by atoms with Crippen molar-refractivity contribution < 1.29 is 17.9 Å². The van der Waals surface area contributed by atoms with Gasteiger partial charge in [0.25, 0.3) is 0 Å². The van der Waals surface area contributed by atoms with E-state index in [1.54, 1.807) is 20.8 Å². The van der Waals surface area contributed by atoms with Crippen molar-refractivity contribution in [3.05, 3.63) is 0 Å². The monoisotopic (exact) mass is 285 g/mol. The highest BCUT2D eigenvalue weighted by molar-refractivity contribution is 7.89. The van der Waals surface area contributed by atoms with E-state index in [4.69, 9.17) is 11.6 Å². The molecule has 1 N–H and O–H groups in total. The number of nitrogens with one attached hydrogen (secondary N) is 1. The second-order valence-electron chi connectivity index (χ2n) is 4.40. The van der Waals surface area contributed by atoms with Gasteiger partial charge in [-0.05, 0) is 11.8 Å². The number of alkyl halides is 1. The fourth-order valence-electron chi connectivity index (χ4n) is 1.24. The van der Waals surface area contributed by atoms with Crippen LogP contribution in [0.3, 0.4) is 0 Å². The van der Waals surface area contributed by atoms with E-state index >= 15 is 0 Å². The SMILES string of the molecule is COC(=O)C(NS(=O)(=O)CC(C)CCl)C(C)C. The first kappa shape index (κ1) is 16.7. The summed E-state index contributed by atoms with van der Waals surface area (Å²) in [5.41, 5.74) is 0. The third kappa shape index (κ3) is 6.24. The molecule has 0 rings (SSSR count). The molecule has 0 saturated carbocycles. The van der Waals surface area contributed by atoms with Gasteiger partial charge in [-0.25, -0.2) is 13.1 Å². The molecule has 0 fully saturated rings. The summed E-state index contributed by atoms with van der Waals surface area (Å²) in [6.07, 6.45) is 0. The van der Waals surface area contributed by atoms with Crippen LogP contribution in [0.15, 0.2) is 0 Å². The predicted molar refractivity (Wildman–Crippen MR) is 67.4 cm³/mol. The van der Waals surface area contributed by atoms with Crippen molar-refractivity contribution in [1.82, 2.24) is 4.72 Å². The first-order valence-corrected chi connectivity index (χ1v) is 7.56. The number of ether oxygens (including phenoxy) is 1. The van der Waals surface area contributed by atoms with E-state index < -0.39 is 22.0 Å². The Bertz CT molecular complexity index is 342. The lowest BCUT2D eigenvalue weighted by molar-refractivity contribution is -0.143. The Morgan fingerprint density at radius 1 is 1.35 bits per heavy atom. The summed E-state index contributed by atoms with van der Waals surface area (Å²) in [5, 5.41) is 0. The summed E-state index contributed by atoms with van der Waals surface area (Å²) in [6, 6.07) is -0.854. The molecular weight excluding hydrogens is 266 g/mol. The molecule has 0 heterocycles. The first-order chi connectivity index (χ1) is 7.73. The molecule has 0 aliphatic heterocycles. The zero-order valence-corrected chi connectivity index (χ0v) is 12.1. The maximum Gasteiger partial charge on any atom is 0.324 e. The number of halogens is 1. The Kier molecular flexibility index (Phi) is 7.04. The Morgan fingerprint density at radius 3 is 2.24 bits per heavy atom. The summed E-state index contributed by atoms with van der Waals surface area (Å²) in [5.74, 6) is -0.771. The van der Waals surface area contributed by atoms with Crippen LogP contribution in [0.4, 0.5) is 0 Å². The maximum atomic E-state index is 11.8. The van der Waals surface area contributed by atoms with Gasteiger partial charge in [-0.1, -0.05) is 20.8 Å². The van der Waals surface area contributed by atoms with Gasteiger partial charge in [-0.3, -0.25) is 4.79 Å². The second-order valence-corrected chi connectivity index (χ2v) is 6.51. The Hall–Kier alpha value is -0.330. The van der Waals surface area contributed by atoms with Gasteiger partial charge in [0.2, 0.25) is 10.0 Å². The molecule has 0 saturated heterocycles. The zero-order chi connectivity index (χ0) is 13.6. The molecule has 7 heteroatoms. The number of carbonyl (C=O) groups is 1. The van der Waals surface area contributed by atoms with Gasteiger partial charge in [0.05, 0.1) is 12.9 Å². The molecule has 17 heavy (non-hydrogen) atoms. The minimum absolute atomic E-state index is 0.100. The summed E-state index contributed by atoms with van der Waals surface area (Å²) in [7, 11) is -2.30. The molecule has 0 aliphatic rings. The highest BCUT2D eigenvalue weighted by Crippen LogP contribution is 2.08. The fourth-order valence-corrected chi connectivity index (χ4v) is 3.20. The smallest absolute Gasteiger partial charge is 0.324 e. The van der Waals surface area contributed by atoms with Crippen molar-refractivity contribution >= 4 is 27.6 Å². The Labute approximate surface area is 108 Å². The number of rotatable bonds is 7. The highest BCUT2D eigenvalue weighted by atomic mass is 35.5. The van der Waals surface area contributed by atoms with E-state index in [9.17, 15) is 13.2 Å². The lowest BCUT2D eigenvalue weighted by atomic mass is 10.1. The molecule has 2 atom stereocenters. The zero-order valence-electron chi connectivity index (χ0n) is 10.6. The normalized spacial score (nSPS) is 15.6. The summed E-state index contributed by atoms with van der Waals surface area (Å²) < 4.78 is 30.4. The molecule has 0 aliphatic carbocycles. The molecule has 0 bridgehead atoms. The van der Waals surface area contributed by atoms with Gasteiger partial charge in [0, 0.05) is 5.88 Å². The quantitative estimate of drug-likeness (QED) is 0.559. The standard InChI is InChI=1S/C10H20ClNO4S/c1-7(2)9(10(13)16-4)12-17(14,15)6-8(3)5-11/h7-9,12H,5-6H2,1-4H3. The van der Waals surface area contributed by atoms with Crippen molar-refractivity contribution in [3.8, 4) is 0 Å². The third-order valence-corrected chi connectivity index (χ3v) is 4.34. The van der Waals surface area contributed by atoms with E-state index in [1.165, 1.54) is 7.11 Å². The second kappa shape index (κ2) is 7.18. The van der Waals surface area contributed by atoms with Gasteiger partial charge in [0.1, 0.15) is 6.04 Å². The molecule has 0 spiro atoms. The average molecular weight is 286 g/mol. The molecule has 0 aromatic carbocycles. The van der Waals surface area contributed by atoms with Gasteiger partial charge in [-0.2, -0.15) is 0 Å². The molecule has 5 nitrogen and oxygen atoms in total. The number of esters is 1. The van der Waals surface area contributed by atoms with Crippen LogP contribution in [0.2, 0.25) is 0 Å². The summed E-state index contributed by atoms with van der Waals surface area (Å²) in [6.45, 7) is 5.22. The Morgan fingerprint density at radius 2 is 1.88 bits per heavy atom. The number of hydrogen-bond donors (Lipinski definition) is 1. The molecule has 0 amide bonds. The van der Waals surface area contributed by atoms with Gasteiger partial charge in [0.15, 0.2) is 0 Å². The molecule has 102 valence electrons. The first-order valence-electron chi connectivity index (χ1n) is 5.37. The number of hydrogen-bond acceptors (Lipinski definition) is 4. The van der Waals surface area contributed by atoms with E-state index in [-0.39, 0.29) is 23.5 Å². The molecule has 0 aromatic rings. The van der Waals surface area contributed by atoms with Crippen LogP contribution >= 0.6 is 11.6 Å². The van der Waals surface area contributed by atoms with Crippen molar-refractivity contribution in [1.29, 1.82) is 0 Å². The van der Waals surface area contributed by atoms with Crippen molar-refractivity contribution in [2.45, 2.75) is 26.8 Å². The molecule has 0 aromatic heterocycles. The van der Waals surface area contributed by atoms with Gasteiger partial charge < -0.3 is 4.74 Å². The summed E-state index contributed by atoms with van der Waals surface area (Å²) >= 11 is 5.56. The molecular formula is C10H20ClNO4S. The van der Waals surface area contributed by atoms with Crippen molar-refractivity contribution in [3.63, 3.8) is 0 Å². The number of sulfonamides is 1. The van der Waals surface area contributed by atoms with Crippen LogP contribution < -0.4 is 4.72 Å². The van der Waals surface area contributed by atoms with Crippen LogP contribution in [0.25, 0.3) is 0 Å². The fraction of sp³-hybridized carbons (Fsp3) is 0.900. The number of carbonyl (C=O) groups excluding carboxylic acids is 1. The van der Waals surface area contributed by atoms with Crippen LogP contribution in [-0.2, 0) is 19.6 Å². The maximum absolute atomic E-state index is 11.8. The topological polar surface area (TPSA) is 72.5 Å². The summed E-state index contributed by atoms with van der Waals surface area (Å²) in [4.78, 5) is 11.4.